The Morgan fingerprint density at radius 2 is 2.00 bits per heavy atom. The van der Waals surface area contributed by atoms with E-state index in [0.717, 1.165) is 13.1 Å². The summed E-state index contributed by atoms with van der Waals surface area (Å²) in [5.41, 5.74) is 2.94. The predicted octanol–water partition coefficient (Wildman–Crippen LogP) is 4.08. The molecule has 102 valence electrons. The number of benzene rings is 1. The number of hydrogen-bond acceptors (Lipinski definition) is 1. The quantitative estimate of drug-likeness (QED) is 0.875. The van der Waals surface area contributed by atoms with E-state index in [2.05, 4.69) is 54.1 Å². The Morgan fingerprint density at radius 3 is 2.74 bits per heavy atom. The van der Waals surface area contributed by atoms with Crippen molar-refractivity contribution in [2.45, 2.75) is 45.1 Å². The molecule has 0 saturated carbocycles. The van der Waals surface area contributed by atoms with Gasteiger partial charge in [0.2, 0.25) is 0 Å². The molecule has 3 rings (SSSR count). The first-order valence-electron chi connectivity index (χ1n) is 7.62. The van der Waals surface area contributed by atoms with Gasteiger partial charge in [0, 0.05) is 17.3 Å². The Labute approximate surface area is 115 Å². The molecule has 1 saturated heterocycles. The summed E-state index contributed by atoms with van der Waals surface area (Å²) in [7, 11) is 0. The lowest BCUT2D eigenvalue weighted by Crippen LogP contribution is -2.30. The highest BCUT2D eigenvalue weighted by Crippen LogP contribution is 2.33. The number of fused-ring (bicyclic) bond motifs is 1. The first-order valence-corrected chi connectivity index (χ1v) is 7.62. The number of rotatable bonds is 3. The molecule has 0 aliphatic carbocycles. The van der Waals surface area contributed by atoms with Gasteiger partial charge in [-0.1, -0.05) is 32.0 Å². The maximum Gasteiger partial charge on any atom is 0.0485 e. The highest BCUT2D eigenvalue weighted by Gasteiger charge is 2.21. The highest BCUT2D eigenvalue weighted by atomic mass is 15.1. The molecule has 2 nitrogen and oxygen atoms in total. The van der Waals surface area contributed by atoms with E-state index in [1.807, 2.05) is 0 Å². The van der Waals surface area contributed by atoms with Gasteiger partial charge in [0.1, 0.15) is 0 Å². The fraction of sp³-hybridized carbons (Fsp3) is 0.529. The third kappa shape index (κ3) is 2.30. The largest absolute Gasteiger partial charge is 0.341 e. The van der Waals surface area contributed by atoms with Crippen molar-refractivity contribution in [1.82, 2.24) is 9.88 Å². The number of nitrogens with zero attached hydrogens (tertiary/aromatic N) is 1. The van der Waals surface area contributed by atoms with Gasteiger partial charge in [-0.3, -0.25) is 0 Å². The normalized spacial score (nSPS) is 18.8. The van der Waals surface area contributed by atoms with Crippen LogP contribution in [0.3, 0.4) is 0 Å². The molecule has 1 atom stereocenters. The van der Waals surface area contributed by atoms with Gasteiger partial charge in [-0.2, -0.15) is 0 Å². The van der Waals surface area contributed by atoms with Crippen LogP contribution >= 0.6 is 0 Å². The van der Waals surface area contributed by atoms with E-state index >= 15 is 0 Å². The first-order chi connectivity index (χ1) is 9.31. The molecule has 1 N–H and O–H groups in total. The highest BCUT2D eigenvalue weighted by molar-refractivity contribution is 5.81. The summed E-state index contributed by atoms with van der Waals surface area (Å²) in [6.45, 7) is 6.94. The molecule has 2 aromatic rings. The van der Waals surface area contributed by atoms with E-state index < -0.39 is 0 Å². The number of aromatic nitrogens is 1. The molecular formula is C17H24N2. The Hall–Kier alpha value is -1.28. The van der Waals surface area contributed by atoms with Gasteiger partial charge in [-0.25, -0.2) is 0 Å². The zero-order valence-corrected chi connectivity index (χ0v) is 12.0. The molecule has 19 heavy (non-hydrogen) atoms. The van der Waals surface area contributed by atoms with E-state index in [4.69, 9.17) is 0 Å². The summed E-state index contributed by atoms with van der Waals surface area (Å²) in [6, 6.07) is 11.9. The fourth-order valence-electron chi connectivity index (χ4n) is 3.26. The van der Waals surface area contributed by atoms with Crippen molar-refractivity contribution in [3.05, 3.63) is 36.0 Å². The fourth-order valence-corrected chi connectivity index (χ4v) is 3.26. The topological polar surface area (TPSA) is 17.0 Å². The van der Waals surface area contributed by atoms with Crippen LogP contribution in [0.5, 0.6) is 0 Å². The van der Waals surface area contributed by atoms with Gasteiger partial charge in [0.25, 0.3) is 0 Å². The standard InChI is InChI=1S/C17H24N2/c1-3-13(2)17-12-14-6-4-5-7-16(14)19(17)15-8-10-18-11-9-15/h4-7,12-13,15,18H,3,8-11H2,1-2H3. The average molecular weight is 256 g/mol. The minimum Gasteiger partial charge on any atom is -0.341 e. The third-order valence-corrected chi connectivity index (χ3v) is 4.57. The van der Waals surface area contributed by atoms with Gasteiger partial charge < -0.3 is 9.88 Å². The molecule has 1 unspecified atom stereocenters. The summed E-state index contributed by atoms with van der Waals surface area (Å²) in [4.78, 5) is 0. The van der Waals surface area contributed by atoms with Gasteiger partial charge in [-0.05, 0) is 55.8 Å². The van der Waals surface area contributed by atoms with Crippen LogP contribution in [-0.2, 0) is 0 Å². The van der Waals surface area contributed by atoms with Crippen molar-refractivity contribution in [3.8, 4) is 0 Å². The van der Waals surface area contributed by atoms with Crippen molar-refractivity contribution in [3.63, 3.8) is 0 Å². The monoisotopic (exact) mass is 256 g/mol. The lowest BCUT2D eigenvalue weighted by atomic mass is 10.0. The van der Waals surface area contributed by atoms with Crippen LogP contribution in [-0.4, -0.2) is 17.7 Å². The van der Waals surface area contributed by atoms with Crippen LogP contribution in [0, 0.1) is 0 Å². The van der Waals surface area contributed by atoms with Crippen LogP contribution in [0.2, 0.25) is 0 Å². The second-order valence-electron chi connectivity index (χ2n) is 5.79. The van der Waals surface area contributed by atoms with Crippen molar-refractivity contribution >= 4 is 10.9 Å². The maximum atomic E-state index is 3.47. The van der Waals surface area contributed by atoms with Gasteiger partial charge in [0.05, 0.1) is 0 Å². The van der Waals surface area contributed by atoms with Crippen molar-refractivity contribution in [2.75, 3.05) is 13.1 Å². The molecule has 1 fully saturated rings. The van der Waals surface area contributed by atoms with Gasteiger partial charge >= 0.3 is 0 Å². The summed E-state index contributed by atoms with van der Waals surface area (Å²) in [5.74, 6) is 0.641. The summed E-state index contributed by atoms with van der Waals surface area (Å²) < 4.78 is 2.63. The van der Waals surface area contributed by atoms with E-state index in [1.165, 1.54) is 35.9 Å². The minimum absolute atomic E-state index is 0.641. The van der Waals surface area contributed by atoms with Crippen molar-refractivity contribution in [1.29, 1.82) is 0 Å². The van der Waals surface area contributed by atoms with Crippen LogP contribution in [0.25, 0.3) is 10.9 Å². The van der Waals surface area contributed by atoms with Crippen LogP contribution in [0.1, 0.15) is 50.8 Å². The van der Waals surface area contributed by atoms with Crippen LogP contribution in [0.15, 0.2) is 30.3 Å². The van der Waals surface area contributed by atoms with E-state index in [0.29, 0.717) is 12.0 Å². The molecule has 0 amide bonds. The van der Waals surface area contributed by atoms with Crippen molar-refractivity contribution in [2.24, 2.45) is 0 Å². The molecule has 2 heteroatoms. The SMILES string of the molecule is CCC(C)c1cc2ccccc2n1C1CCNCC1. The Kier molecular flexibility index (Phi) is 3.61. The number of piperidine rings is 1. The zero-order chi connectivity index (χ0) is 13.2. The van der Waals surface area contributed by atoms with Crippen LogP contribution < -0.4 is 5.32 Å². The van der Waals surface area contributed by atoms with Crippen molar-refractivity contribution < 1.29 is 0 Å². The molecule has 1 aliphatic rings. The number of hydrogen-bond donors (Lipinski definition) is 1. The van der Waals surface area contributed by atoms with E-state index in [-0.39, 0.29) is 0 Å². The second-order valence-corrected chi connectivity index (χ2v) is 5.79. The van der Waals surface area contributed by atoms with E-state index in [1.54, 1.807) is 0 Å². The molecule has 0 radical (unpaired) electrons. The third-order valence-electron chi connectivity index (χ3n) is 4.57. The molecular weight excluding hydrogens is 232 g/mol. The summed E-state index contributed by atoms with van der Waals surface area (Å²) >= 11 is 0. The summed E-state index contributed by atoms with van der Waals surface area (Å²) in [6.07, 6.45) is 3.71. The Bertz CT molecular complexity index is 549. The van der Waals surface area contributed by atoms with Crippen LogP contribution in [0.4, 0.5) is 0 Å². The van der Waals surface area contributed by atoms with Gasteiger partial charge in [0.15, 0.2) is 0 Å². The number of para-hydroxylation sites is 1. The Balaban J connectivity index is 2.12. The smallest absolute Gasteiger partial charge is 0.0485 e. The molecule has 1 aliphatic heterocycles. The summed E-state index contributed by atoms with van der Waals surface area (Å²) in [5, 5.41) is 4.87. The lowest BCUT2D eigenvalue weighted by molar-refractivity contribution is 0.364. The molecule has 1 aromatic heterocycles. The predicted molar refractivity (Wildman–Crippen MR) is 81.8 cm³/mol. The Morgan fingerprint density at radius 1 is 1.26 bits per heavy atom. The maximum absolute atomic E-state index is 3.47. The van der Waals surface area contributed by atoms with Gasteiger partial charge in [-0.15, -0.1) is 0 Å². The van der Waals surface area contributed by atoms with E-state index in [9.17, 15) is 0 Å². The molecule has 2 heterocycles. The molecule has 1 aromatic carbocycles. The minimum atomic E-state index is 0.641. The second kappa shape index (κ2) is 5.38. The molecule has 0 spiro atoms. The zero-order valence-electron chi connectivity index (χ0n) is 12.0. The molecule has 0 bridgehead atoms. The number of nitrogens with one attached hydrogen (secondary N) is 1. The lowest BCUT2D eigenvalue weighted by Gasteiger charge is -2.28. The average Bonchev–Trinajstić information content (AvgIpc) is 2.86. The first kappa shape index (κ1) is 12.7.